The summed E-state index contributed by atoms with van der Waals surface area (Å²) in [5, 5.41) is 10.2. The van der Waals surface area contributed by atoms with Crippen LogP contribution in [0, 0.1) is 34.5 Å². The molecule has 7 atom stereocenters. The summed E-state index contributed by atoms with van der Waals surface area (Å²) in [7, 11) is 0. The average Bonchev–Trinajstić information content (AvgIpc) is 3.10. The van der Waals surface area contributed by atoms with E-state index in [2.05, 4.69) is 32.6 Å². The van der Waals surface area contributed by atoms with Crippen LogP contribution in [0.25, 0.3) is 0 Å². The number of Topliss-reactive ketones (excluding diaryl/α,β-unsaturated/α-hetero) is 1. The second-order valence-corrected chi connectivity index (χ2v) is 11.3. The van der Waals surface area contributed by atoms with Gasteiger partial charge < -0.3 is 5.11 Å². The zero-order chi connectivity index (χ0) is 22.2. The molecule has 7 unspecified atom stereocenters. The van der Waals surface area contributed by atoms with Crippen LogP contribution in [0.4, 0.5) is 0 Å². The molecule has 31 heavy (non-hydrogen) atoms. The lowest BCUT2D eigenvalue weighted by atomic mass is 9.47. The van der Waals surface area contributed by atoms with Crippen LogP contribution in [0.15, 0.2) is 48.1 Å². The van der Waals surface area contributed by atoms with Gasteiger partial charge in [-0.1, -0.05) is 56.4 Å². The van der Waals surface area contributed by atoms with Gasteiger partial charge in [-0.25, -0.2) is 0 Å². The Morgan fingerprint density at radius 3 is 2.71 bits per heavy atom. The third-order valence-electron chi connectivity index (χ3n) is 9.84. The van der Waals surface area contributed by atoms with Crippen molar-refractivity contribution < 1.29 is 9.90 Å². The highest BCUT2D eigenvalue weighted by atomic mass is 16.3. The molecule has 0 saturated heterocycles. The number of ketones is 1. The van der Waals surface area contributed by atoms with Gasteiger partial charge in [-0.15, -0.1) is 0 Å². The molecule has 3 saturated carbocycles. The van der Waals surface area contributed by atoms with E-state index in [0.29, 0.717) is 18.1 Å². The number of hydrogen-bond acceptors (Lipinski definition) is 2. The van der Waals surface area contributed by atoms with E-state index in [1.54, 1.807) is 0 Å². The number of rotatable bonds is 6. The topological polar surface area (TPSA) is 37.3 Å². The number of carbonyl (C=O) groups is 1. The standard InChI is InChI=1S/C29H42O2/c1-5-7-20(8-6-2)9-14-27(31)26-13-12-24-23-11-10-21-19-22(30)15-17-28(21,3)25(23)16-18-29(24,26)4/h5-8,10,22-26,30H,1,9,11-19H2,2-4H3/b8-6-,20-7+. The molecule has 0 aromatic rings. The van der Waals surface area contributed by atoms with Crippen molar-refractivity contribution in [2.75, 3.05) is 0 Å². The Bertz CT molecular complexity index is 802. The van der Waals surface area contributed by atoms with Crippen molar-refractivity contribution in [2.24, 2.45) is 34.5 Å². The van der Waals surface area contributed by atoms with Gasteiger partial charge in [-0.2, -0.15) is 0 Å². The Morgan fingerprint density at radius 1 is 1.16 bits per heavy atom. The van der Waals surface area contributed by atoms with Crippen LogP contribution in [-0.4, -0.2) is 17.0 Å². The fourth-order valence-electron chi connectivity index (χ4n) is 8.20. The summed E-state index contributed by atoms with van der Waals surface area (Å²) in [6, 6.07) is 0. The van der Waals surface area contributed by atoms with Gasteiger partial charge in [0.05, 0.1) is 6.10 Å². The highest BCUT2D eigenvalue weighted by Gasteiger charge is 2.59. The first-order valence-corrected chi connectivity index (χ1v) is 12.7. The molecule has 1 N–H and O–H groups in total. The number of fused-ring (bicyclic) bond motifs is 5. The van der Waals surface area contributed by atoms with E-state index in [9.17, 15) is 9.90 Å². The molecule has 4 aliphatic rings. The van der Waals surface area contributed by atoms with Crippen molar-refractivity contribution in [1.29, 1.82) is 0 Å². The Labute approximate surface area is 189 Å². The molecule has 0 radical (unpaired) electrons. The average molecular weight is 423 g/mol. The van der Waals surface area contributed by atoms with Crippen LogP contribution in [0.5, 0.6) is 0 Å². The van der Waals surface area contributed by atoms with Crippen LogP contribution in [-0.2, 0) is 4.79 Å². The molecule has 0 bridgehead atoms. The summed E-state index contributed by atoms with van der Waals surface area (Å²) < 4.78 is 0. The van der Waals surface area contributed by atoms with Crippen molar-refractivity contribution in [3.8, 4) is 0 Å². The number of aliphatic hydroxyl groups excluding tert-OH is 1. The highest BCUT2D eigenvalue weighted by molar-refractivity contribution is 5.82. The lowest BCUT2D eigenvalue weighted by Gasteiger charge is -2.58. The van der Waals surface area contributed by atoms with Crippen molar-refractivity contribution in [2.45, 2.75) is 91.1 Å². The van der Waals surface area contributed by atoms with Crippen molar-refractivity contribution in [3.05, 3.63) is 48.1 Å². The minimum atomic E-state index is -0.138. The largest absolute Gasteiger partial charge is 0.393 e. The molecule has 0 aromatic carbocycles. The van der Waals surface area contributed by atoms with E-state index >= 15 is 0 Å². The van der Waals surface area contributed by atoms with Crippen LogP contribution >= 0.6 is 0 Å². The zero-order valence-corrected chi connectivity index (χ0v) is 19.9. The predicted octanol–water partition coefficient (Wildman–Crippen LogP) is 6.96. The predicted molar refractivity (Wildman–Crippen MR) is 129 cm³/mol. The maximum atomic E-state index is 13.4. The first-order valence-electron chi connectivity index (χ1n) is 12.7. The molecular weight excluding hydrogens is 380 g/mol. The van der Waals surface area contributed by atoms with Crippen LogP contribution in [0.3, 0.4) is 0 Å². The summed E-state index contributed by atoms with van der Waals surface area (Å²) >= 11 is 0. The minimum absolute atomic E-state index is 0.138. The molecule has 2 nitrogen and oxygen atoms in total. The summed E-state index contributed by atoms with van der Waals surface area (Å²) in [5.41, 5.74) is 3.19. The fraction of sp³-hybridized carbons (Fsp3) is 0.690. The first-order chi connectivity index (χ1) is 14.8. The molecule has 170 valence electrons. The Morgan fingerprint density at radius 2 is 1.97 bits per heavy atom. The van der Waals surface area contributed by atoms with Crippen LogP contribution in [0.1, 0.15) is 85.0 Å². The van der Waals surface area contributed by atoms with Gasteiger partial charge in [0.2, 0.25) is 0 Å². The van der Waals surface area contributed by atoms with Crippen LogP contribution < -0.4 is 0 Å². The number of allylic oxidation sites excluding steroid dienone is 6. The number of hydrogen-bond donors (Lipinski definition) is 1. The third-order valence-corrected chi connectivity index (χ3v) is 9.84. The summed E-state index contributed by atoms with van der Waals surface area (Å²) in [4.78, 5) is 13.4. The monoisotopic (exact) mass is 422 g/mol. The molecule has 0 aliphatic heterocycles. The molecule has 2 heteroatoms. The van der Waals surface area contributed by atoms with Gasteiger partial charge in [-0.3, -0.25) is 4.79 Å². The lowest BCUT2D eigenvalue weighted by molar-refractivity contribution is -0.129. The lowest BCUT2D eigenvalue weighted by Crippen LogP contribution is -2.51. The smallest absolute Gasteiger partial charge is 0.136 e. The fourth-order valence-corrected chi connectivity index (χ4v) is 8.20. The highest BCUT2D eigenvalue weighted by Crippen LogP contribution is 2.66. The van der Waals surface area contributed by atoms with Gasteiger partial charge >= 0.3 is 0 Å². The van der Waals surface area contributed by atoms with E-state index in [0.717, 1.165) is 50.4 Å². The molecule has 0 aromatic heterocycles. The summed E-state index contributed by atoms with van der Waals surface area (Å²) in [5.74, 6) is 2.87. The summed E-state index contributed by atoms with van der Waals surface area (Å²) in [6.45, 7) is 10.8. The zero-order valence-electron chi connectivity index (χ0n) is 19.9. The molecule has 0 amide bonds. The molecular formula is C29H42O2. The SMILES string of the molecule is C=C/C=C(\C=C/C)CCC(=O)C1CCC2C3CC=C4CC(O)CCC4(C)C3CCC12C. The van der Waals surface area contributed by atoms with E-state index in [4.69, 9.17) is 0 Å². The van der Waals surface area contributed by atoms with E-state index < -0.39 is 0 Å². The van der Waals surface area contributed by atoms with Gasteiger partial charge in [-0.05, 0) is 98.9 Å². The second-order valence-electron chi connectivity index (χ2n) is 11.3. The normalized spacial score (nSPS) is 42.5. The maximum Gasteiger partial charge on any atom is 0.136 e. The molecule has 4 rings (SSSR count). The van der Waals surface area contributed by atoms with Crippen molar-refractivity contribution in [3.63, 3.8) is 0 Å². The number of carbonyl (C=O) groups excluding carboxylic acids is 1. The minimum Gasteiger partial charge on any atom is -0.393 e. The Kier molecular flexibility index (Phi) is 6.50. The second kappa shape index (κ2) is 8.85. The Hall–Kier alpha value is -1.41. The summed E-state index contributed by atoms with van der Waals surface area (Å²) in [6.07, 6.45) is 20.7. The molecule has 0 heterocycles. The molecule has 4 aliphatic carbocycles. The quantitative estimate of drug-likeness (QED) is 0.371. The van der Waals surface area contributed by atoms with Crippen molar-refractivity contribution in [1.82, 2.24) is 0 Å². The van der Waals surface area contributed by atoms with Gasteiger partial charge in [0, 0.05) is 12.3 Å². The maximum absolute atomic E-state index is 13.4. The van der Waals surface area contributed by atoms with E-state index in [1.807, 2.05) is 25.2 Å². The van der Waals surface area contributed by atoms with E-state index in [1.165, 1.54) is 30.4 Å². The number of aliphatic hydroxyl groups is 1. The Balaban J connectivity index is 1.49. The molecule has 3 fully saturated rings. The van der Waals surface area contributed by atoms with Gasteiger partial charge in [0.1, 0.15) is 5.78 Å². The molecule has 0 spiro atoms. The van der Waals surface area contributed by atoms with Gasteiger partial charge in [0.25, 0.3) is 0 Å². The van der Waals surface area contributed by atoms with Crippen LogP contribution in [0.2, 0.25) is 0 Å². The van der Waals surface area contributed by atoms with Gasteiger partial charge in [0.15, 0.2) is 0 Å². The van der Waals surface area contributed by atoms with Crippen molar-refractivity contribution >= 4 is 5.78 Å². The first kappa shape index (κ1) is 22.8. The van der Waals surface area contributed by atoms with E-state index in [-0.39, 0.29) is 22.9 Å². The third kappa shape index (κ3) is 3.94.